The molecule has 4 aromatic rings. The molecule has 0 unspecified atom stereocenters. The minimum atomic E-state index is -4.59. The molecule has 0 radical (unpaired) electrons. The number of H-pyrrole nitrogens is 1. The number of fused-ring (bicyclic) bond motifs is 1. The van der Waals surface area contributed by atoms with E-state index in [4.69, 9.17) is 16.6 Å². The van der Waals surface area contributed by atoms with E-state index in [0.29, 0.717) is 28.2 Å². The van der Waals surface area contributed by atoms with E-state index >= 15 is 0 Å². The van der Waals surface area contributed by atoms with Gasteiger partial charge in [0.05, 0.1) is 15.8 Å². The molecule has 1 aliphatic rings. The fraction of sp³-hybridized carbons (Fsp3) is 0.222. The van der Waals surface area contributed by atoms with Crippen molar-refractivity contribution in [2.45, 2.75) is 22.3 Å². The summed E-state index contributed by atoms with van der Waals surface area (Å²) in [6.07, 6.45) is 0.453. The molecule has 13 nitrogen and oxygen atoms in total. The van der Waals surface area contributed by atoms with Crippen molar-refractivity contribution in [2.75, 3.05) is 18.8 Å². The second-order valence-corrected chi connectivity index (χ2v) is 12.2. The molecule has 0 amide bonds. The maximum absolute atomic E-state index is 13.5. The first-order chi connectivity index (χ1) is 16.1. The molecule has 0 aliphatic carbocycles. The van der Waals surface area contributed by atoms with Crippen LogP contribution in [0.2, 0.25) is 0 Å². The van der Waals surface area contributed by atoms with E-state index in [-0.39, 0.29) is 30.5 Å². The highest BCUT2D eigenvalue weighted by Gasteiger charge is 2.37. The third-order valence-corrected chi connectivity index (χ3v) is 9.40. The molecule has 2 aromatic heterocycles. The van der Waals surface area contributed by atoms with Gasteiger partial charge in [0.25, 0.3) is 0 Å². The van der Waals surface area contributed by atoms with Gasteiger partial charge in [-0.15, -0.1) is 5.10 Å². The third-order valence-electron chi connectivity index (χ3n) is 5.52. The Kier molecular flexibility index (Phi) is 5.38. The van der Waals surface area contributed by atoms with Crippen molar-refractivity contribution in [3.05, 3.63) is 30.3 Å². The lowest BCUT2D eigenvalue weighted by molar-refractivity contribution is 0.470. The maximum atomic E-state index is 13.5. The van der Waals surface area contributed by atoms with Crippen LogP contribution in [0.3, 0.4) is 0 Å². The lowest BCUT2D eigenvalue weighted by atomic mass is 9.98. The lowest BCUT2D eigenvalue weighted by Crippen LogP contribution is -2.33. The molecule has 3 heterocycles. The summed E-state index contributed by atoms with van der Waals surface area (Å²) < 4.78 is 54.7. The zero-order valence-corrected chi connectivity index (χ0v) is 19.9. The van der Waals surface area contributed by atoms with E-state index in [0.717, 1.165) is 9.01 Å². The summed E-state index contributed by atoms with van der Waals surface area (Å²) in [5, 5.41) is 19.4. The average Bonchev–Trinajstić information content (AvgIpc) is 3.52. The zero-order valence-electron chi connectivity index (χ0n) is 17.4. The number of nitrogens with one attached hydrogen (secondary N) is 1. The van der Waals surface area contributed by atoms with Crippen molar-refractivity contribution in [3.8, 4) is 22.5 Å². The van der Waals surface area contributed by atoms with Gasteiger partial charge in [0.2, 0.25) is 20.0 Å². The monoisotopic (exact) mass is 521 g/mol. The van der Waals surface area contributed by atoms with Crippen LogP contribution in [-0.4, -0.2) is 65.9 Å². The molecule has 1 fully saturated rings. The molecule has 0 saturated carbocycles. The number of rotatable bonds is 5. The number of benzene rings is 2. The van der Waals surface area contributed by atoms with Crippen LogP contribution in [0, 0.1) is 0 Å². The fourth-order valence-corrected chi connectivity index (χ4v) is 7.92. The molecule has 1 saturated heterocycles. The fourth-order valence-electron chi connectivity index (χ4n) is 4.07. The Labute approximate surface area is 198 Å². The van der Waals surface area contributed by atoms with Crippen LogP contribution in [0.1, 0.15) is 6.42 Å². The smallest absolute Gasteiger partial charge is 0.244 e. The molecule has 1 atom stereocenters. The standard InChI is InChI=1S/C18H19N9O4S3/c19-9-6-7-27(8-9)34(30,31)13-5-4-10(11-2-1-3-12-15(11)22-18(20)32-12)14(16(13)33(21,28)29)17-23-25-26-24-17/h1-5,9H,6-8,19H2,(H2,20,22)(H2,21,28,29)(H,23,24,25,26)/t9-/m0/s1. The molecule has 0 spiro atoms. The first-order valence-corrected chi connectivity index (χ1v) is 13.7. The minimum Gasteiger partial charge on any atom is -0.375 e. The Morgan fingerprint density at radius 2 is 1.91 bits per heavy atom. The van der Waals surface area contributed by atoms with Gasteiger partial charge in [0.1, 0.15) is 9.79 Å². The largest absolute Gasteiger partial charge is 0.375 e. The number of nitrogen functional groups attached to an aromatic ring is 1. The van der Waals surface area contributed by atoms with E-state index < -0.39 is 29.8 Å². The Morgan fingerprint density at radius 1 is 1.12 bits per heavy atom. The van der Waals surface area contributed by atoms with Gasteiger partial charge in [0, 0.05) is 24.7 Å². The van der Waals surface area contributed by atoms with Crippen LogP contribution in [0.5, 0.6) is 0 Å². The summed E-state index contributed by atoms with van der Waals surface area (Å²) in [6, 6.07) is 7.64. The molecular weight excluding hydrogens is 502 g/mol. The summed E-state index contributed by atoms with van der Waals surface area (Å²) in [7, 11) is -8.85. The highest BCUT2D eigenvalue weighted by atomic mass is 32.2. The van der Waals surface area contributed by atoms with Gasteiger partial charge in [-0.3, -0.25) is 0 Å². The number of nitrogens with two attached hydrogens (primary N) is 3. The van der Waals surface area contributed by atoms with Crippen molar-refractivity contribution >= 4 is 46.7 Å². The predicted molar refractivity (Wildman–Crippen MR) is 125 cm³/mol. The normalized spacial score (nSPS) is 17.5. The van der Waals surface area contributed by atoms with Crippen molar-refractivity contribution in [3.63, 3.8) is 0 Å². The van der Waals surface area contributed by atoms with Crippen LogP contribution in [0.15, 0.2) is 40.1 Å². The van der Waals surface area contributed by atoms with Gasteiger partial charge < -0.3 is 11.5 Å². The first-order valence-electron chi connectivity index (χ1n) is 9.92. The second kappa shape index (κ2) is 8.03. The van der Waals surface area contributed by atoms with Gasteiger partial charge in [0.15, 0.2) is 11.0 Å². The van der Waals surface area contributed by atoms with Crippen molar-refractivity contribution in [2.24, 2.45) is 10.9 Å². The topological polar surface area (TPSA) is 217 Å². The third kappa shape index (κ3) is 3.73. The van der Waals surface area contributed by atoms with Crippen molar-refractivity contribution in [1.29, 1.82) is 0 Å². The molecule has 34 heavy (non-hydrogen) atoms. The predicted octanol–water partition coefficient (Wildman–Crippen LogP) is 0.0947. The van der Waals surface area contributed by atoms with Crippen LogP contribution in [0.25, 0.3) is 32.7 Å². The Morgan fingerprint density at radius 3 is 2.56 bits per heavy atom. The molecular formula is C18H19N9O4S3. The summed E-state index contributed by atoms with van der Waals surface area (Å²) in [5.41, 5.74) is 13.0. The molecule has 7 N–H and O–H groups in total. The van der Waals surface area contributed by atoms with Crippen molar-refractivity contribution < 1.29 is 16.8 Å². The number of anilines is 1. The van der Waals surface area contributed by atoms with Gasteiger partial charge in [-0.25, -0.2) is 32.1 Å². The van der Waals surface area contributed by atoms with Crippen molar-refractivity contribution in [1.82, 2.24) is 29.9 Å². The number of aromatic nitrogens is 5. The number of sulfonamides is 2. The van der Waals surface area contributed by atoms with Crippen LogP contribution < -0.4 is 16.6 Å². The van der Waals surface area contributed by atoms with E-state index in [1.807, 2.05) is 6.07 Å². The minimum absolute atomic E-state index is 0.0603. The lowest BCUT2D eigenvalue weighted by Gasteiger charge is -2.21. The number of nitrogens with zero attached hydrogens (tertiary/aromatic N) is 5. The molecule has 178 valence electrons. The molecule has 0 bridgehead atoms. The maximum Gasteiger partial charge on any atom is 0.244 e. The van der Waals surface area contributed by atoms with E-state index in [9.17, 15) is 16.8 Å². The van der Waals surface area contributed by atoms with Gasteiger partial charge >= 0.3 is 0 Å². The molecule has 2 aromatic carbocycles. The highest BCUT2D eigenvalue weighted by Crippen LogP contribution is 2.42. The molecule has 16 heteroatoms. The number of hydrogen-bond acceptors (Lipinski definition) is 11. The molecule has 5 rings (SSSR count). The summed E-state index contributed by atoms with van der Waals surface area (Å²) in [5.74, 6) is -0.0746. The molecule has 1 aliphatic heterocycles. The Hall–Kier alpha value is -3.02. The number of para-hydroxylation sites is 1. The number of tetrazole rings is 1. The first kappa shape index (κ1) is 22.8. The summed E-state index contributed by atoms with van der Waals surface area (Å²) in [4.78, 5) is 3.26. The van der Waals surface area contributed by atoms with E-state index in [1.165, 1.54) is 23.5 Å². The SMILES string of the molecule is Nc1nc2c(-c3ccc(S(=O)(=O)N4CC[C@H](N)C4)c(S(N)(=O)=O)c3-c3nnn[nH]3)cccc2s1. The zero-order chi connectivity index (χ0) is 24.3. The number of primary sulfonamides is 1. The average molecular weight is 522 g/mol. The number of aromatic amines is 1. The summed E-state index contributed by atoms with van der Waals surface area (Å²) >= 11 is 1.26. The van der Waals surface area contributed by atoms with E-state index in [2.05, 4.69) is 25.6 Å². The highest BCUT2D eigenvalue weighted by molar-refractivity contribution is 7.92. The number of hydrogen-bond donors (Lipinski definition) is 4. The van der Waals surface area contributed by atoms with Gasteiger partial charge in [-0.1, -0.05) is 29.5 Å². The Bertz CT molecular complexity index is 1620. The van der Waals surface area contributed by atoms with Crippen LogP contribution in [0.4, 0.5) is 5.13 Å². The van der Waals surface area contributed by atoms with Crippen LogP contribution in [-0.2, 0) is 20.0 Å². The van der Waals surface area contributed by atoms with Crippen LogP contribution >= 0.6 is 11.3 Å². The van der Waals surface area contributed by atoms with Gasteiger partial charge in [-0.05, 0) is 34.5 Å². The van der Waals surface area contributed by atoms with Gasteiger partial charge in [-0.2, -0.15) is 4.31 Å². The quantitative estimate of drug-likeness (QED) is 0.277. The second-order valence-electron chi connectivity index (χ2n) is 7.73. The number of thiazole rings is 1. The summed E-state index contributed by atoms with van der Waals surface area (Å²) in [6.45, 7) is 0.219. The Balaban J connectivity index is 1.87. The van der Waals surface area contributed by atoms with E-state index in [1.54, 1.807) is 12.1 Å².